The summed E-state index contributed by atoms with van der Waals surface area (Å²) in [6.45, 7) is 0. The Balaban J connectivity index is 1.80. The Morgan fingerprint density at radius 3 is 2.55 bits per heavy atom. The SMILES string of the molecule is O=C(Nc1nc2c(s1)CCCC2)c1cc(Cl)cc(Cl)c1. The molecule has 0 spiro atoms. The number of anilines is 1. The molecule has 6 heteroatoms. The second kappa shape index (κ2) is 5.72. The first-order chi connectivity index (χ1) is 9.61. The second-order valence-corrected chi connectivity index (χ2v) is 6.66. The predicted molar refractivity (Wildman–Crippen MR) is 83.2 cm³/mol. The van der Waals surface area contributed by atoms with Crippen molar-refractivity contribution in [2.24, 2.45) is 0 Å². The average molecular weight is 327 g/mol. The number of halogens is 2. The first-order valence-electron chi connectivity index (χ1n) is 6.38. The monoisotopic (exact) mass is 326 g/mol. The summed E-state index contributed by atoms with van der Waals surface area (Å²) in [6.07, 6.45) is 4.44. The van der Waals surface area contributed by atoms with Gasteiger partial charge in [-0.15, -0.1) is 11.3 Å². The van der Waals surface area contributed by atoms with Crippen molar-refractivity contribution < 1.29 is 4.79 Å². The number of carbonyl (C=O) groups is 1. The molecule has 1 amide bonds. The van der Waals surface area contributed by atoms with Crippen molar-refractivity contribution in [2.75, 3.05) is 5.32 Å². The molecule has 1 aromatic carbocycles. The third-order valence-electron chi connectivity index (χ3n) is 3.19. The molecule has 0 bridgehead atoms. The van der Waals surface area contributed by atoms with Crippen LogP contribution in [-0.4, -0.2) is 10.9 Å². The van der Waals surface area contributed by atoms with E-state index in [1.165, 1.54) is 17.7 Å². The van der Waals surface area contributed by atoms with Crippen LogP contribution in [0.25, 0.3) is 0 Å². The minimum absolute atomic E-state index is 0.236. The van der Waals surface area contributed by atoms with Crippen LogP contribution in [0.3, 0.4) is 0 Å². The van der Waals surface area contributed by atoms with Crippen LogP contribution >= 0.6 is 34.5 Å². The summed E-state index contributed by atoms with van der Waals surface area (Å²) in [5, 5.41) is 4.36. The molecule has 0 radical (unpaired) electrons. The van der Waals surface area contributed by atoms with E-state index in [1.54, 1.807) is 29.5 Å². The summed E-state index contributed by atoms with van der Waals surface area (Å²) in [7, 11) is 0. The van der Waals surface area contributed by atoms with Gasteiger partial charge in [-0.1, -0.05) is 23.2 Å². The first-order valence-corrected chi connectivity index (χ1v) is 7.95. The Kier molecular flexibility index (Phi) is 3.96. The van der Waals surface area contributed by atoms with Gasteiger partial charge < -0.3 is 0 Å². The maximum atomic E-state index is 12.2. The van der Waals surface area contributed by atoms with Crippen molar-refractivity contribution in [1.82, 2.24) is 4.98 Å². The number of benzene rings is 1. The number of aryl methyl sites for hydroxylation is 2. The van der Waals surface area contributed by atoms with Crippen molar-refractivity contribution in [3.05, 3.63) is 44.4 Å². The molecule has 0 saturated carbocycles. The number of nitrogens with zero attached hydrogens (tertiary/aromatic N) is 1. The van der Waals surface area contributed by atoms with Gasteiger partial charge in [-0.3, -0.25) is 10.1 Å². The smallest absolute Gasteiger partial charge is 0.257 e. The lowest BCUT2D eigenvalue weighted by molar-refractivity contribution is 0.102. The fourth-order valence-corrected chi connectivity index (χ4v) is 3.83. The Morgan fingerprint density at radius 2 is 1.85 bits per heavy atom. The summed E-state index contributed by atoms with van der Waals surface area (Å²) in [4.78, 5) is 17.9. The lowest BCUT2D eigenvalue weighted by atomic mass is 10.0. The van der Waals surface area contributed by atoms with E-state index >= 15 is 0 Å². The molecule has 0 atom stereocenters. The van der Waals surface area contributed by atoms with Crippen molar-refractivity contribution in [3.63, 3.8) is 0 Å². The maximum absolute atomic E-state index is 12.2. The lowest BCUT2D eigenvalue weighted by Crippen LogP contribution is -2.11. The van der Waals surface area contributed by atoms with E-state index in [-0.39, 0.29) is 5.91 Å². The Bertz CT molecular complexity index is 625. The third-order valence-corrected chi connectivity index (χ3v) is 4.70. The van der Waals surface area contributed by atoms with Gasteiger partial charge in [0.25, 0.3) is 5.91 Å². The van der Waals surface area contributed by atoms with E-state index in [4.69, 9.17) is 23.2 Å². The highest BCUT2D eigenvalue weighted by molar-refractivity contribution is 7.15. The molecule has 1 aliphatic carbocycles. The number of hydrogen-bond acceptors (Lipinski definition) is 3. The Morgan fingerprint density at radius 1 is 1.15 bits per heavy atom. The molecule has 1 N–H and O–H groups in total. The Labute approximate surface area is 130 Å². The lowest BCUT2D eigenvalue weighted by Gasteiger charge is -2.06. The van der Waals surface area contributed by atoms with Crippen LogP contribution in [0.4, 0.5) is 5.13 Å². The minimum atomic E-state index is -0.236. The van der Waals surface area contributed by atoms with Gasteiger partial charge in [-0.25, -0.2) is 4.98 Å². The van der Waals surface area contributed by atoms with Crippen molar-refractivity contribution in [2.45, 2.75) is 25.7 Å². The fourth-order valence-electron chi connectivity index (χ4n) is 2.26. The third kappa shape index (κ3) is 2.97. The van der Waals surface area contributed by atoms with Gasteiger partial charge in [0.15, 0.2) is 5.13 Å². The van der Waals surface area contributed by atoms with Crippen molar-refractivity contribution in [1.29, 1.82) is 0 Å². The topological polar surface area (TPSA) is 42.0 Å². The van der Waals surface area contributed by atoms with Gasteiger partial charge >= 0.3 is 0 Å². The number of thiazole rings is 1. The van der Waals surface area contributed by atoms with E-state index < -0.39 is 0 Å². The molecule has 0 unspecified atom stereocenters. The Hall–Kier alpha value is -1.10. The number of carbonyl (C=O) groups excluding carboxylic acids is 1. The summed E-state index contributed by atoms with van der Waals surface area (Å²) >= 11 is 13.4. The zero-order valence-electron chi connectivity index (χ0n) is 10.6. The highest BCUT2D eigenvalue weighted by Crippen LogP contribution is 2.30. The molecule has 104 valence electrons. The fraction of sp³-hybridized carbons (Fsp3) is 0.286. The molecule has 0 saturated heterocycles. The summed E-state index contributed by atoms with van der Waals surface area (Å²) < 4.78 is 0. The van der Waals surface area contributed by atoms with Crippen molar-refractivity contribution in [3.8, 4) is 0 Å². The zero-order valence-corrected chi connectivity index (χ0v) is 12.9. The quantitative estimate of drug-likeness (QED) is 0.877. The number of amides is 1. The van der Waals surface area contributed by atoms with E-state index in [0.717, 1.165) is 18.5 Å². The van der Waals surface area contributed by atoms with Crippen LogP contribution in [0, 0.1) is 0 Å². The minimum Gasteiger partial charge on any atom is -0.298 e. The van der Waals surface area contributed by atoms with Gasteiger partial charge in [0.1, 0.15) is 0 Å². The van der Waals surface area contributed by atoms with Crippen LogP contribution in [0.5, 0.6) is 0 Å². The molecular weight excluding hydrogens is 315 g/mol. The molecule has 0 aliphatic heterocycles. The average Bonchev–Trinajstić information content (AvgIpc) is 2.79. The van der Waals surface area contributed by atoms with Gasteiger partial charge in [0, 0.05) is 20.5 Å². The van der Waals surface area contributed by atoms with Crippen molar-refractivity contribution >= 4 is 45.6 Å². The molecule has 2 aromatic rings. The number of rotatable bonds is 2. The van der Waals surface area contributed by atoms with E-state index in [1.807, 2.05) is 0 Å². The highest BCUT2D eigenvalue weighted by atomic mass is 35.5. The number of hydrogen-bond donors (Lipinski definition) is 1. The normalized spacial score (nSPS) is 13.9. The molecule has 20 heavy (non-hydrogen) atoms. The number of aromatic nitrogens is 1. The molecule has 3 rings (SSSR count). The standard InChI is InChI=1S/C14H12Cl2N2OS/c15-9-5-8(6-10(16)7-9)13(19)18-14-17-11-3-1-2-4-12(11)20-14/h5-7H,1-4H2,(H,17,18,19). The van der Waals surface area contributed by atoms with Crippen LogP contribution in [0.15, 0.2) is 18.2 Å². The molecule has 3 nitrogen and oxygen atoms in total. The van der Waals surface area contributed by atoms with Crippen LogP contribution in [0.1, 0.15) is 33.8 Å². The van der Waals surface area contributed by atoms with Gasteiger partial charge in [-0.05, 0) is 43.9 Å². The molecule has 1 heterocycles. The van der Waals surface area contributed by atoms with Gasteiger partial charge in [-0.2, -0.15) is 0 Å². The van der Waals surface area contributed by atoms with E-state index in [2.05, 4.69) is 10.3 Å². The predicted octanol–water partition coefficient (Wildman–Crippen LogP) is 4.58. The summed E-state index contributed by atoms with van der Waals surface area (Å²) in [5.74, 6) is -0.236. The van der Waals surface area contributed by atoms with Crippen LogP contribution < -0.4 is 5.32 Å². The van der Waals surface area contributed by atoms with Gasteiger partial charge in [0.05, 0.1) is 5.69 Å². The number of nitrogens with one attached hydrogen (secondary N) is 1. The highest BCUT2D eigenvalue weighted by Gasteiger charge is 2.17. The maximum Gasteiger partial charge on any atom is 0.257 e. The van der Waals surface area contributed by atoms with Gasteiger partial charge in [0.2, 0.25) is 0 Å². The molecule has 1 aromatic heterocycles. The molecule has 1 aliphatic rings. The second-order valence-electron chi connectivity index (χ2n) is 4.71. The van der Waals surface area contributed by atoms with E-state index in [0.29, 0.717) is 20.7 Å². The zero-order chi connectivity index (χ0) is 14.1. The summed E-state index contributed by atoms with van der Waals surface area (Å²) in [5.41, 5.74) is 1.57. The van der Waals surface area contributed by atoms with Crippen LogP contribution in [-0.2, 0) is 12.8 Å². The summed E-state index contributed by atoms with van der Waals surface area (Å²) in [6, 6.07) is 4.79. The first kappa shape index (κ1) is 13.9. The largest absolute Gasteiger partial charge is 0.298 e. The molecule has 0 fully saturated rings. The molecular formula is C14H12Cl2N2OS. The van der Waals surface area contributed by atoms with Crippen LogP contribution in [0.2, 0.25) is 10.0 Å². The van der Waals surface area contributed by atoms with E-state index in [9.17, 15) is 4.79 Å². The number of fused-ring (bicyclic) bond motifs is 1.